The molecule has 0 bridgehead atoms. The monoisotopic (exact) mass is 438 g/mol. The van der Waals surface area contributed by atoms with Crippen LogP contribution in [0.25, 0.3) is 0 Å². The first-order valence-corrected chi connectivity index (χ1v) is 11.8. The summed E-state index contributed by atoms with van der Waals surface area (Å²) in [5.41, 5.74) is 1.19. The molecule has 1 aliphatic heterocycles. The molecule has 1 N–H and O–H groups in total. The van der Waals surface area contributed by atoms with Crippen molar-refractivity contribution < 1.29 is 13.2 Å². The van der Waals surface area contributed by atoms with Gasteiger partial charge in [0.25, 0.3) is 5.91 Å². The summed E-state index contributed by atoms with van der Waals surface area (Å²) in [4.78, 5) is 17.7. The molecule has 1 atom stereocenters. The van der Waals surface area contributed by atoms with Crippen molar-refractivity contribution in [3.63, 3.8) is 0 Å². The molecule has 0 aliphatic carbocycles. The van der Waals surface area contributed by atoms with Crippen LogP contribution in [0.15, 0.2) is 71.9 Å². The van der Waals surface area contributed by atoms with Gasteiger partial charge in [-0.05, 0) is 36.6 Å². The predicted octanol–water partition coefficient (Wildman–Crippen LogP) is 3.11. The van der Waals surface area contributed by atoms with Crippen molar-refractivity contribution in [3.05, 3.63) is 83.9 Å². The molecular weight excluding hydrogens is 412 g/mol. The zero-order valence-corrected chi connectivity index (χ0v) is 18.3. The van der Waals surface area contributed by atoms with E-state index >= 15 is 0 Å². The fraction of sp³-hybridized carbons (Fsp3) is 0.304. The molecule has 0 radical (unpaired) electrons. The molecular formula is C23H26N4O3S. The Morgan fingerprint density at radius 1 is 1.03 bits per heavy atom. The second kappa shape index (κ2) is 9.03. The number of rotatable bonds is 6. The van der Waals surface area contributed by atoms with Crippen LogP contribution >= 0.6 is 0 Å². The second-order valence-corrected chi connectivity index (χ2v) is 9.64. The van der Waals surface area contributed by atoms with Crippen LogP contribution in [-0.2, 0) is 17.1 Å². The van der Waals surface area contributed by atoms with E-state index in [4.69, 9.17) is 0 Å². The number of hydrogen-bond acceptors (Lipinski definition) is 4. The van der Waals surface area contributed by atoms with Crippen LogP contribution in [-0.4, -0.2) is 41.3 Å². The first-order valence-electron chi connectivity index (χ1n) is 10.4. The van der Waals surface area contributed by atoms with Gasteiger partial charge >= 0.3 is 0 Å². The Morgan fingerprint density at radius 3 is 2.45 bits per heavy atom. The average molecular weight is 439 g/mol. The third-order valence-electron chi connectivity index (χ3n) is 5.57. The fourth-order valence-electron chi connectivity index (χ4n) is 3.86. The maximum absolute atomic E-state index is 13.1. The standard InChI is InChI=1S/C23H26N4O3S/c1-26-16-13-24-22(26)21(18-9-4-2-5-10-18)25-23(28)19-11-8-12-20(17-19)31(29,30)27-14-6-3-7-15-27/h2,4-5,8-13,16-17,21H,3,6-7,14-15H2,1H3,(H,25,28)/t21-/m0/s1. The van der Waals surface area contributed by atoms with Gasteiger partial charge in [0.1, 0.15) is 11.9 Å². The number of hydrogen-bond donors (Lipinski definition) is 1. The van der Waals surface area contributed by atoms with Crippen molar-refractivity contribution >= 4 is 15.9 Å². The first-order chi connectivity index (χ1) is 15.0. The number of piperidine rings is 1. The topological polar surface area (TPSA) is 84.3 Å². The lowest BCUT2D eigenvalue weighted by molar-refractivity contribution is 0.0941. The van der Waals surface area contributed by atoms with Gasteiger partial charge in [-0.3, -0.25) is 4.79 Å². The van der Waals surface area contributed by atoms with Gasteiger partial charge in [-0.25, -0.2) is 13.4 Å². The molecule has 3 aromatic rings. The summed E-state index contributed by atoms with van der Waals surface area (Å²) in [6, 6.07) is 15.4. The number of aromatic nitrogens is 2. The van der Waals surface area contributed by atoms with E-state index in [0.29, 0.717) is 24.5 Å². The SMILES string of the molecule is Cn1ccnc1[C@@H](NC(=O)c1cccc(S(=O)(=O)N2CCCCC2)c1)c1ccccc1. The summed E-state index contributed by atoms with van der Waals surface area (Å²) in [6.07, 6.45) is 6.28. The predicted molar refractivity (Wildman–Crippen MR) is 118 cm³/mol. The van der Waals surface area contributed by atoms with E-state index in [0.717, 1.165) is 24.8 Å². The van der Waals surface area contributed by atoms with Crippen LogP contribution in [0.2, 0.25) is 0 Å². The number of aryl methyl sites for hydroxylation is 1. The second-order valence-electron chi connectivity index (χ2n) is 7.71. The Kier molecular flexibility index (Phi) is 6.20. The Morgan fingerprint density at radius 2 is 1.77 bits per heavy atom. The molecule has 2 aromatic carbocycles. The highest BCUT2D eigenvalue weighted by atomic mass is 32.2. The molecule has 31 heavy (non-hydrogen) atoms. The number of nitrogens with zero attached hydrogens (tertiary/aromatic N) is 3. The summed E-state index contributed by atoms with van der Waals surface area (Å²) in [6.45, 7) is 1.04. The molecule has 0 unspecified atom stereocenters. The summed E-state index contributed by atoms with van der Waals surface area (Å²) in [7, 11) is -1.74. The molecule has 2 heterocycles. The zero-order chi connectivity index (χ0) is 21.8. The summed E-state index contributed by atoms with van der Waals surface area (Å²) in [5, 5.41) is 3.02. The van der Waals surface area contributed by atoms with E-state index < -0.39 is 16.1 Å². The van der Waals surface area contributed by atoms with Crippen LogP contribution < -0.4 is 5.32 Å². The zero-order valence-electron chi connectivity index (χ0n) is 17.4. The first kappa shape index (κ1) is 21.3. The molecule has 162 valence electrons. The van der Waals surface area contributed by atoms with Crippen LogP contribution in [0.5, 0.6) is 0 Å². The van der Waals surface area contributed by atoms with Gasteiger partial charge in [-0.1, -0.05) is 42.8 Å². The molecule has 0 saturated carbocycles. The number of carbonyl (C=O) groups excluding carboxylic acids is 1. The van der Waals surface area contributed by atoms with E-state index in [1.165, 1.54) is 10.4 Å². The van der Waals surface area contributed by atoms with Crippen LogP contribution in [0.4, 0.5) is 0 Å². The normalized spacial score (nSPS) is 16.0. The van der Waals surface area contributed by atoms with Crippen LogP contribution in [0.3, 0.4) is 0 Å². The maximum Gasteiger partial charge on any atom is 0.252 e. The summed E-state index contributed by atoms with van der Waals surface area (Å²) >= 11 is 0. The summed E-state index contributed by atoms with van der Waals surface area (Å²) < 4.78 is 29.4. The molecule has 1 saturated heterocycles. The molecule has 1 amide bonds. The third kappa shape index (κ3) is 4.55. The highest BCUT2D eigenvalue weighted by Crippen LogP contribution is 2.23. The minimum Gasteiger partial charge on any atom is -0.338 e. The Bertz CT molecular complexity index is 1150. The van der Waals surface area contributed by atoms with Crippen molar-refractivity contribution in [2.75, 3.05) is 13.1 Å². The minimum absolute atomic E-state index is 0.148. The van der Waals surface area contributed by atoms with Crippen molar-refractivity contribution in [3.8, 4) is 0 Å². The van der Waals surface area contributed by atoms with E-state index in [2.05, 4.69) is 10.3 Å². The smallest absolute Gasteiger partial charge is 0.252 e. The third-order valence-corrected chi connectivity index (χ3v) is 7.47. The van der Waals surface area contributed by atoms with E-state index in [1.807, 2.05) is 48.1 Å². The molecule has 1 aromatic heterocycles. The van der Waals surface area contributed by atoms with E-state index in [9.17, 15) is 13.2 Å². The van der Waals surface area contributed by atoms with Gasteiger partial charge in [0.2, 0.25) is 10.0 Å². The number of imidazole rings is 1. The lowest BCUT2D eigenvalue weighted by Crippen LogP contribution is -2.36. The highest BCUT2D eigenvalue weighted by molar-refractivity contribution is 7.89. The molecule has 1 fully saturated rings. The van der Waals surface area contributed by atoms with Gasteiger partial charge in [-0.15, -0.1) is 0 Å². The van der Waals surface area contributed by atoms with E-state index in [1.54, 1.807) is 24.4 Å². The van der Waals surface area contributed by atoms with Crippen molar-refractivity contribution in [2.24, 2.45) is 7.05 Å². The maximum atomic E-state index is 13.1. The largest absolute Gasteiger partial charge is 0.338 e. The number of sulfonamides is 1. The van der Waals surface area contributed by atoms with Crippen molar-refractivity contribution in [1.29, 1.82) is 0 Å². The Labute approximate surface area is 182 Å². The van der Waals surface area contributed by atoms with E-state index in [-0.39, 0.29) is 10.8 Å². The quantitative estimate of drug-likeness (QED) is 0.641. The van der Waals surface area contributed by atoms with Gasteiger partial charge in [0.05, 0.1) is 4.90 Å². The number of benzene rings is 2. The molecule has 7 nitrogen and oxygen atoms in total. The van der Waals surface area contributed by atoms with Gasteiger partial charge in [0.15, 0.2) is 0 Å². The van der Waals surface area contributed by atoms with Crippen molar-refractivity contribution in [2.45, 2.75) is 30.2 Å². The highest BCUT2D eigenvalue weighted by Gasteiger charge is 2.27. The number of amides is 1. The lowest BCUT2D eigenvalue weighted by atomic mass is 10.1. The summed E-state index contributed by atoms with van der Waals surface area (Å²) in [5.74, 6) is 0.337. The fourth-order valence-corrected chi connectivity index (χ4v) is 5.43. The molecule has 8 heteroatoms. The molecule has 4 rings (SSSR count). The van der Waals surface area contributed by atoms with Crippen LogP contribution in [0.1, 0.15) is 47.1 Å². The Hall–Kier alpha value is -2.97. The van der Waals surface area contributed by atoms with Crippen LogP contribution in [0, 0.1) is 0 Å². The Balaban J connectivity index is 1.62. The number of carbonyl (C=O) groups is 1. The number of nitrogens with one attached hydrogen (secondary N) is 1. The lowest BCUT2D eigenvalue weighted by Gasteiger charge is -2.26. The van der Waals surface area contributed by atoms with Gasteiger partial charge < -0.3 is 9.88 Å². The average Bonchev–Trinajstić information content (AvgIpc) is 3.24. The minimum atomic E-state index is -3.61. The molecule has 0 spiro atoms. The van der Waals surface area contributed by atoms with Gasteiger partial charge in [-0.2, -0.15) is 4.31 Å². The van der Waals surface area contributed by atoms with Gasteiger partial charge in [0, 0.05) is 38.1 Å². The molecule has 1 aliphatic rings. The van der Waals surface area contributed by atoms with Crippen molar-refractivity contribution in [1.82, 2.24) is 19.2 Å².